The van der Waals surface area contributed by atoms with E-state index in [2.05, 4.69) is 44.1 Å². The normalized spacial score (nSPS) is 15.8. The number of nitrogens with zero attached hydrogens (tertiary/aromatic N) is 10. The van der Waals surface area contributed by atoms with E-state index in [1.54, 1.807) is 0 Å². The van der Waals surface area contributed by atoms with E-state index in [0.29, 0.717) is 29.0 Å². The van der Waals surface area contributed by atoms with Crippen molar-refractivity contribution < 1.29 is 14.3 Å². The van der Waals surface area contributed by atoms with Gasteiger partial charge in [0, 0.05) is 50.0 Å². The number of para-hydroxylation sites is 4. The van der Waals surface area contributed by atoms with Gasteiger partial charge in [-0.1, -0.05) is 24.3 Å². The second-order valence-corrected chi connectivity index (χ2v) is 15.3. The van der Waals surface area contributed by atoms with Gasteiger partial charge in [0.25, 0.3) is 5.91 Å². The van der Waals surface area contributed by atoms with Crippen molar-refractivity contribution in [3.8, 4) is 0 Å². The minimum Gasteiger partial charge on any atom is -0.462 e. The summed E-state index contributed by atoms with van der Waals surface area (Å²) in [6, 6.07) is 27.5. The van der Waals surface area contributed by atoms with Crippen LogP contribution in [0.1, 0.15) is 40.5 Å². The van der Waals surface area contributed by atoms with Gasteiger partial charge >= 0.3 is 5.97 Å². The molecule has 2 aliphatic heterocycles. The predicted octanol–water partition coefficient (Wildman–Crippen LogP) is 5.14. The largest absolute Gasteiger partial charge is 0.462 e. The quantitative estimate of drug-likeness (QED) is 0.103. The molecule has 15 nitrogen and oxygen atoms in total. The smallest absolute Gasteiger partial charge is 0.341 e. The number of carbonyl (C=O) groups is 2. The van der Waals surface area contributed by atoms with Gasteiger partial charge in [0.05, 0.1) is 34.2 Å². The molecule has 2 saturated heterocycles. The first-order valence-corrected chi connectivity index (χ1v) is 20.3. The lowest BCUT2D eigenvalue weighted by Gasteiger charge is -2.22. The molecular weight excluding hydrogens is 745 g/mol. The van der Waals surface area contributed by atoms with Crippen LogP contribution in [0.2, 0.25) is 0 Å². The summed E-state index contributed by atoms with van der Waals surface area (Å²) in [5.41, 5.74) is 9.36. The van der Waals surface area contributed by atoms with E-state index < -0.39 is 0 Å². The Bertz CT molecular complexity index is 2870. The zero-order valence-electron chi connectivity index (χ0n) is 33.6. The number of esters is 1. The number of nitrogen functional groups attached to an aromatic ring is 1. The van der Waals surface area contributed by atoms with Crippen molar-refractivity contribution in [2.24, 2.45) is 5.84 Å². The Kier molecular flexibility index (Phi) is 10.4. The molecule has 0 aliphatic carbocycles. The minimum atomic E-state index is -0.369. The van der Waals surface area contributed by atoms with Crippen molar-refractivity contribution >= 4 is 78.9 Å². The molecule has 8 heterocycles. The van der Waals surface area contributed by atoms with Crippen LogP contribution in [0.5, 0.6) is 0 Å². The number of ether oxygens (including phenoxy) is 1. The highest BCUT2D eigenvalue weighted by Gasteiger charge is 2.22. The van der Waals surface area contributed by atoms with Crippen molar-refractivity contribution in [2.45, 2.75) is 19.8 Å². The molecule has 8 aromatic rings. The van der Waals surface area contributed by atoms with Gasteiger partial charge in [-0.25, -0.2) is 30.6 Å². The van der Waals surface area contributed by atoms with Crippen LogP contribution in [-0.2, 0) is 4.74 Å². The summed E-state index contributed by atoms with van der Waals surface area (Å²) >= 11 is 0. The number of fused-ring (bicyclic) bond motifs is 10. The molecule has 59 heavy (non-hydrogen) atoms. The molecule has 15 heteroatoms. The Labute approximate surface area is 340 Å². The lowest BCUT2D eigenvalue weighted by atomic mass is 10.2. The Balaban J connectivity index is 0.000000152. The number of aromatic nitrogens is 6. The first-order chi connectivity index (χ1) is 28.8. The molecule has 0 atom stereocenters. The van der Waals surface area contributed by atoms with Crippen LogP contribution < -0.4 is 21.1 Å². The van der Waals surface area contributed by atoms with E-state index in [1.165, 1.54) is 0 Å². The molecule has 0 unspecified atom stereocenters. The highest BCUT2D eigenvalue weighted by atomic mass is 16.5. The molecule has 3 N–H and O–H groups in total. The number of pyridine rings is 4. The van der Waals surface area contributed by atoms with Crippen LogP contribution in [0.4, 0.5) is 11.6 Å². The van der Waals surface area contributed by atoms with Gasteiger partial charge in [0.1, 0.15) is 28.5 Å². The number of hydrogen-bond acceptors (Lipinski definition) is 12. The van der Waals surface area contributed by atoms with E-state index in [0.717, 1.165) is 121 Å². The maximum atomic E-state index is 12.7. The van der Waals surface area contributed by atoms with Crippen LogP contribution in [0.25, 0.3) is 55.4 Å². The number of hydrazine groups is 1. The summed E-state index contributed by atoms with van der Waals surface area (Å²) in [5, 5.41) is 1.76. The zero-order chi connectivity index (χ0) is 40.6. The number of nitrogens with one attached hydrogen (secondary N) is 1. The SMILES string of the molecule is CCOC(=O)c1cc2ccc(N3CCCN(C)CC3)nc2n2c1nc1ccccc12.CN1CCCN(c2ccc3cc(C(=O)NN)c4nc5ccccc5n4c3n2)CC1. The van der Waals surface area contributed by atoms with Crippen LogP contribution in [0.15, 0.2) is 84.9 Å². The zero-order valence-corrected chi connectivity index (χ0v) is 33.6. The van der Waals surface area contributed by atoms with Gasteiger partial charge in [-0.15, -0.1) is 0 Å². The Hall–Kier alpha value is -6.42. The van der Waals surface area contributed by atoms with Crippen LogP contribution >= 0.6 is 0 Å². The number of nitrogens with two attached hydrogens (primary N) is 1. The summed E-state index contributed by atoms with van der Waals surface area (Å²) in [6.45, 7) is 10.2. The third-order valence-electron chi connectivity index (χ3n) is 11.4. The van der Waals surface area contributed by atoms with Crippen LogP contribution in [-0.4, -0.2) is 123 Å². The summed E-state index contributed by atoms with van der Waals surface area (Å²) in [5.74, 6) is 6.59. The van der Waals surface area contributed by atoms with Crippen molar-refractivity contribution in [1.29, 1.82) is 0 Å². The van der Waals surface area contributed by atoms with Gasteiger partial charge in [-0.3, -0.25) is 19.0 Å². The van der Waals surface area contributed by atoms with Gasteiger partial charge in [-0.2, -0.15) is 0 Å². The number of rotatable bonds is 5. The number of amides is 1. The second-order valence-electron chi connectivity index (χ2n) is 15.3. The van der Waals surface area contributed by atoms with Crippen molar-refractivity contribution in [2.75, 3.05) is 82.9 Å². The van der Waals surface area contributed by atoms with Crippen LogP contribution in [0.3, 0.4) is 0 Å². The fraction of sp³-hybridized carbons (Fsp3) is 0.318. The average molecular weight is 793 g/mol. The molecule has 0 saturated carbocycles. The molecule has 0 bridgehead atoms. The van der Waals surface area contributed by atoms with E-state index >= 15 is 0 Å². The lowest BCUT2D eigenvalue weighted by Crippen LogP contribution is -2.30. The molecular formula is C44H48N12O3. The summed E-state index contributed by atoms with van der Waals surface area (Å²) < 4.78 is 9.25. The summed E-state index contributed by atoms with van der Waals surface area (Å²) in [6.07, 6.45) is 2.22. The first-order valence-electron chi connectivity index (χ1n) is 20.3. The highest BCUT2D eigenvalue weighted by molar-refractivity contribution is 6.06. The molecule has 0 spiro atoms. The molecule has 10 rings (SSSR count). The Morgan fingerprint density at radius 2 is 1.10 bits per heavy atom. The molecule has 302 valence electrons. The van der Waals surface area contributed by atoms with Crippen molar-refractivity contribution in [1.82, 2.24) is 44.0 Å². The fourth-order valence-electron chi connectivity index (χ4n) is 8.27. The van der Waals surface area contributed by atoms with Gasteiger partial charge in [0.2, 0.25) is 0 Å². The number of carbonyl (C=O) groups excluding carboxylic acids is 2. The average Bonchev–Trinajstić information content (AvgIpc) is 3.67. The molecule has 2 fully saturated rings. The first kappa shape index (κ1) is 38.1. The van der Waals surface area contributed by atoms with E-state index in [9.17, 15) is 9.59 Å². The third kappa shape index (κ3) is 7.21. The third-order valence-corrected chi connectivity index (χ3v) is 11.4. The maximum Gasteiger partial charge on any atom is 0.341 e. The highest BCUT2D eigenvalue weighted by Crippen LogP contribution is 2.30. The number of likely N-dealkylation sites (N-methyl/N-ethyl adjacent to an activating group) is 2. The Morgan fingerprint density at radius 1 is 0.610 bits per heavy atom. The molecule has 2 aliphatic rings. The van der Waals surface area contributed by atoms with Crippen molar-refractivity contribution in [3.05, 3.63) is 96.1 Å². The number of anilines is 2. The standard InChI is InChI=1S/C23H25N5O2.C21H23N7O/c1-3-30-23(29)17-15-16-9-10-20(27-12-6-11-26(2)13-14-27)25-21(16)28-19-8-5-4-7-18(19)24-22(17)28;1-26-9-4-10-27(12-11-26)18-8-7-14-13-15(21(29)25-22)20-23-16-5-2-3-6-17(16)28(20)19(14)24-18/h4-5,7-10,15H,3,6,11-14H2,1-2H3;2-3,5-8,13H,4,9-12,22H2,1H3,(H,25,29). The predicted molar refractivity (Wildman–Crippen MR) is 232 cm³/mol. The topological polar surface area (TPSA) is 155 Å². The lowest BCUT2D eigenvalue weighted by molar-refractivity contribution is 0.0528. The molecule has 1 amide bonds. The molecule has 0 radical (unpaired) electrons. The van der Waals surface area contributed by atoms with E-state index in [-0.39, 0.29) is 11.9 Å². The number of benzene rings is 2. The van der Waals surface area contributed by atoms with Gasteiger partial charge in [-0.05, 0) is 108 Å². The van der Waals surface area contributed by atoms with Crippen molar-refractivity contribution in [3.63, 3.8) is 0 Å². The van der Waals surface area contributed by atoms with E-state index in [4.69, 9.17) is 25.5 Å². The second kappa shape index (κ2) is 16.1. The van der Waals surface area contributed by atoms with Crippen LogP contribution in [0, 0.1) is 0 Å². The minimum absolute atomic E-state index is 0.323. The number of imidazole rings is 2. The maximum absolute atomic E-state index is 12.7. The molecule has 6 aromatic heterocycles. The van der Waals surface area contributed by atoms with Gasteiger partial charge in [0.15, 0.2) is 11.3 Å². The Morgan fingerprint density at radius 3 is 1.61 bits per heavy atom. The number of hydrogen-bond donors (Lipinski definition) is 2. The summed E-state index contributed by atoms with van der Waals surface area (Å²) in [4.78, 5) is 53.9. The van der Waals surface area contributed by atoms with Gasteiger partial charge < -0.3 is 24.3 Å². The van der Waals surface area contributed by atoms with E-state index in [1.807, 2.05) is 101 Å². The molecule has 2 aromatic carbocycles. The monoisotopic (exact) mass is 792 g/mol. The summed E-state index contributed by atoms with van der Waals surface area (Å²) in [7, 11) is 4.32. The fourth-order valence-corrected chi connectivity index (χ4v) is 8.27.